The number of amides is 1. The van der Waals surface area contributed by atoms with Crippen LogP contribution in [-0.2, 0) is 0 Å². The van der Waals surface area contributed by atoms with Gasteiger partial charge >= 0.3 is 0 Å². The van der Waals surface area contributed by atoms with Gasteiger partial charge in [-0.05, 0) is 12.1 Å². The normalized spacial score (nSPS) is 9.64. The number of hydrogen-bond acceptors (Lipinski definition) is 2. The Bertz CT molecular complexity index is 300. The molecule has 2 N–H and O–H groups in total. The summed E-state index contributed by atoms with van der Waals surface area (Å²) >= 11 is 3.77. The van der Waals surface area contributed by atoms with Gasteiger partial charge in [-0.2, -0.15) is 0 Å². The molecule has 1 amide bonds. The van der Waals surface area contributed by atoms with Gasteiger partial charge in [-0.15, -0.1) is 12.6 Å². The van der Waals surface area contributed by atoms with Gasteiger partial charge in [-0.1, -0.05) is 6.07 Å². The van der Waals surface area contributed by atoms with E-state index < -0.39 is 11.7 Å². The maximum Gasteiger partial charge on any atom is 0.249 e. The molecular formula is C7H6FNOS. The van der Waals surface area contributed by atoms with Crippen LogP contribution >= 0.6 is 12.6 Å². The molecule has 0 bridgehead atoms. The Morgan fingerprint density at radius 2 is 2.18 bits per heavy atom. The first kappa shape index (κ1) is 8.07. The summed E-state index contributed by atoms with van der Waals surface area (Å²) in [5.41, 5.74) is 5.03. The number of primary amides is 1. The zero-order valence-electron chi connectivity index (χ0n) is 5.54. The molecule has 58 valence electrons. The molecule has 2 nitrogen and oxygen atoms in total. The van der Waals surface area contributed by atoms with Crippen molar-refractivity contribution < 1.29 is 9.18 Å². The van der Waals surface area contributed by atoms with Crippen molar-refractivity contribution in [1.29, 1.82) is 0 Å². The van der Waals surface area contributed by atoms with Gasteiger partial charge in [0, 0.05) is 0 Å². The zero-order valence-corrected chi connectivity index (χ0v) is 6.44. The second kappa shape index (κ2) is 2.92. The summed E-state index contributed by atoms with van der Waals surface area (Å²) in [7, 11) is 0. The van der Waals surface area contributed by atoms with E-state index >= 15 is 0 Å². The third-order valence-corrected chi connectivity index (χ3v) is 1.71. The Hall–Kier alpha value is -1.03. The van der Waals surface area contributed by atoms with E-state index in [1.165, 1.54) is 18.2 Å². The summed E-state index contributed by atoms with van der Waals surface area (Å²) in [5.74, 6) is -1.21. The summed E-state index contributed by atoms with van der Waals surface area (Å²) < 4.78 is 12.7. The molecule has 0 unspecified atom stereocenters. The predicted octanol–water partition coefficient (Wildman–Crippen LogP) is 1.21. The quantitative estimate of drug-likeness (QED) is 0.613. The van der Waals surface area contributed by atoms with Crippen LogP contribution in [0.1, 0.15) is 10.4 Å². The van der Waals surface area contributed by atoms with Crippen LogP contribution in [-0.4, -0.2) is 5.91 Å². The molecule has 0 fully saturated rings. The highest BCUT2D eigenvalue weighted by Gasteiger charge is 2.07. The van der Waals surface area contributed by atoms with Crippen LogP contribution in [0.15, 0.2) is 23.1 Å². The minimum Gasteiger partial charge on any atom is -0.366 e. The first-order valence-electron chi connectivity index (χ1n) is 2.90. The van der Waals surface area contributed by atoms with Crippen LogP contribution in [0.3, 0.4) is 0 Å². The van der Waals surface area contributed by atoms with Crippen molar-refractivity contribution in [3.05, 3.63) is 29.6 Å². The molecule has 0 atom stereocenters. The van der Waals surface area contributed by atoms with Crippen LogP contribution in [0.5, 0.6) is 0 Å². The molecular weight excluding hydrogens is 165 g/mol. The summed E-state index contributed by atoms with van der Waals surface area (Å²) in [6, 6.07) is 4.05. The Labute approximate surface area is 68.6 Å². The summed E-state index contributed by atoms with van der Waals surface area (Å²) in [5, 5.41) is 0. The maximum atomic E-state index is 12.7. The van der Waals surface area contributed by atoms with Gasteiger partial charge in [-0.3, -0.25) is 4.79 Å². The van der Waals surface area contributed by atoms with E-state index in [1.54, 1.807) is 0 Å². The SMILES string of the molecule is NC(=O)c1cccc(F)c1S. The number of thiol groups is 1. The monoisotopic (exact) mass is 171 g/mol. The van der Waals surface area contributed by atoms with Gasteiger partial charge in [-0.25, -0.2) is 4.39 Å². The van der Waals surface area contributed by atoms with E-state index in [0.29, 0.717) is 0 Å². The molecule has 1 rings (SSSR count). The Morgan fingerprint density at radius 1 is 1.55 bits per heavy atom. The van der Waals surface area contributed by atoms with Gasteiger partial charge in [0.1, 0.15) is 5.82 Å². The molecule has 0 saturated carbocycles. The predicted molar refractivity (Wildman–Crippen MR) is 42.2 cm³/mol. The molecule has 0 aliphatic carbocycles. The van der Waals surface area contributed by atoms with Crippen LogP contribution in [0.2, 0.25) is 0 Å². The second-order valence-corrected chi connectivity index (χ2v) is 2.45. The number of nitrogens with two attached hydrogens (primary N) is 1. The molecule has 1 aromatic rings. The molecule has 0 heterocycles. The minimum absolute atomic E-state index is 0.000000000000000222. The van der Waals surface area contributed by atoms with Crippen molar-refractivity contribution in [2.45, 2.75) is 4.90 Å². The average molecular weight is 171 g/mol. The lowest BCUT2D eigenvalue weighted by Gasteiger charge is -1.99. The van der Waals surface area contributed by atoms with E-state index in [0.717, 1.165) is 0 Å². The topological polar surface area (TPSA) is 43.1 Å². The van der Waals surface area contributed by atoms with E-state index in [1.807, 2.05) is 0 Å². The highest BCUT2D eigenvalue weighted by molar-refractivity contribution is 7.80. The highest BCUT2D eigenvalue weighted by Crippen LogP contribution is 2.16. The van der Waals surface area contributed by atoms with Crippen molar-refractivity contribution >= 4 is 18.5 Å². The van der Waals surface area contributed by atoms with Crippen molar-refractivity contribution in [3.8, 4) is 0 Å². The first-order valence-corrected chi connectivity index (χ1v) is 3.35. The van der Waals surface area contributed by atoms with Gasteiger partial charge in [0.05, 0.1) is 10.5 Å². The molecule has 0 aliphatic rings. The number of carbonyl (C=O) groups is 1. The first-order chi connectivity index (χ1) is 5.13. The van der Waals surface area contributed by atoms with Gasteiger partial charge < -0.3 is 5.73 Å². The number of hydrogen-bond donors (Lipinski definition) is 2. The molecule has 0 radical (unpaired) electrons. The van der Waals surface area contributed by atoms with Crippen LogP contribution < -0.4 is 5.73 Å². The molecule has 0 aliphatic heterocycles. The standard InChI is InChI=1S/C7H6FNOS/c8-5-3-1-2-4(6(5)11)7(9)10/h1-3,11H,(H2,9,10). The van der Waals surface area contributed by atoms with Crippen molar-refractivity contribution in [2.24, 2.45) is 5.73 Å². The molecule has 4 heteroatoms. The van der Waals surface area contributed by atoms with Crippen molar-refractivity contribution in [1.82, 2.24) is 0 Å². The Kier molecular flexibility index (Phi) is 2.14. The molecule has 0 spiro atoms. The minimum atomic E-state index is -0.672. The average Bonchev–Trinajstić information content (AvgIpc) is 1.94. The molecule has 0 saturated heterocycles. The van der Waals surface area contributed by atoms with Crippen molar-refractivity contribution in [2.75, 3.05) is 0 Å². The number of benzene rings is 1. The molecule has 1 aromatic carbocycles. The van der Waals surface area contributed by atoms with Gasteiger partial charge in [0.15, 0.2) is 0 Å². The fourth-order valence-corrected chi connectivity index (χ4v) is 0.973. The van der Waals surface area contributed by atoms with E-state index in [9.17, 15) is 9.18 Å². The lowest BCUT2D eigenvalue weighted by molar-refractivity contribution is 0.0997. The number of halogens is 1. The van der Waals surface area contributed by atoms with E-state index in [2.05, 4.69) is 12.6 Å². The second-order valence-electron chi connectivity index (χ2n) is 2.00. The highest BCUT2D eigenvalue weighted by atomic mass is 32.1. The maximum absolute atomic E-state index is 12.7. The van der Waals surface area contributed by atoms with Crippen LogP contribution in [0, 0.1) is 5.82 Å². The third kappa shape index (κ3) is 1.51. The lowest BCUT2D eigenvalue weighted by Crippen LogP contribution is -2.12. The van der Waals surface area contributed by atoms with Crippen LogP contribution in [0.4, 0.5) is 4.39 Å². The molecule has 0 aromatic heterocycles. The fraction of sp³-hybridized carbons (Fsp3) is 0. The largest absolute Gasteiger partial charge is 0.366 e. The fourth-order valence-electron chi connectivity index (χ4n) is 0.714. The summed E-state index contributed by atoms with van der Waals surface area (Å²) in [4.78, 5) is 10.6. The van der Waals surface area contributed by atoms with E-state index in [4.69, 9.17) is 5.73 Å². The van der Waals surface area contributed by atoms with Gasteiger partial charge in [0.25, 0.3) is 0 Å². The Morgan fingerprint density at radius 3 is 2.64 bits per heavy atom. The van der Waals surface area contributed by atoms with Gasteiger partial charge in [0.2, 0.25) is 5.91 Å². The summed E-state index contributed by atoms with van der Waals surface area (Å²) in [6.07, 6.45) is 0. The molecule has 11 heavy (non-hydrogen) atoms. The zero-order chi connectivity index (χ0) is 8.43. The Balaban J connectivity index is 3.27. The van der Waals surface area contributed by atoms with E-state index in [-0.39, 0.29) is 10.5 Å². The van der Waals surface area contributed by atoms with Crippen LogP contribution in [0.25, 0.3) is 0 Å². The smallest absolute Gasteiger partial charge is 0.249 e. The number of carbonyl (C=O) groups excluding carboxylic acids is 1. The third-order valence-electron chi connectivity index (χ3n) is 1.25. The van der Waals surface area contributed by atoms with Crippen molar-refractivity contribution in [3.63, 3.8) is 0 Å². The summed E-state index contributed by atoms with van der Waals surface area (Å²) in [6.45, 7) is 0. The lowest BCUT2D eigenvalue weighted by atomic mass is 10.2. The number of rotatable bonds is 1.